The fourth-order valence-corrected chi connectivity index (χ4v) is 6.81. The molecule has 0 radical (unpaired) electrons. The minimum absolute atomic E-state index is 0.0556. The van der Waals surface area contributed by atoms with Gasteiger partial charge in [-0.25, -0.2) is 14.6 Å². The molecule has 2 bridgehead atoms. The molecule has 3 aliphatic rings. The molecule has 3 heterocycles. The Labute approximate surface area is 213 Å². The van der Waals surface area contributed by atoms with Crippen molar-refractivity contribution >= 4 is 18.0 Å². The van der Waals surface area contributed by atoms with E-state index in [1.54, 1.807) is 30.5 Å². The van der Waals surface area contributed by atoms with Crippen molar-refractivity contribution in [3.05, 3.63) is 72.1 Å². The van der Waals surface area contributed by atoms with Crippen LogP contribution in [0.2, 0.25) is 0 Å². The summed E-state index contributed by atoms with van der Waals surface area (Å²) >= 11 is 0. The minimum Gasteiger partial charge on any atom is -0.456 e. The van der Waals surface area contributed by atoms with Gasteiger partial charge in [0.2, 0.25) is 0 Å². The second-order valence-corrected chi connectivity index (χ2v) is 11.0. The Morgan fingerprint density at radius 2 is 1.83 bits per heavy atom. The van der Waals surface area contributed by atoms with Gasteiger partial charge in [0, 0.05) is 24.6 Å². The summed E-state index contributed by atoms with van der Waals surface area (Å²) in [7, 11) is 0. The van der Waals surface area contributed by atoms with Crippen LogP contribution in [0.1, 0.15) is 63.0 Å². The van der Waals surface area contributed by atoms with Crippen LogP contribution in [-0.4, -0.2) is 40.3 Å². The molecule has 0 unspecified atom stereocenters. The number of aromatic nitrogens is 1. The third kappa shape index (κ3) is 4.15. The molecular weight excluding hydrogens is 454 g/mol. The number of nitrogens with zero attached hydrogens (tertiary/aromatic N) is 1. The fraction of sp³-hybridized carbons (Fsp3) is 0.500. The molecule has 2 aromatic rings. The molecule has 3 fully saturated rings. The Morgan fingerprint density at radius 3 is 2.53 bits per heavy atom. The van der Waals surface area contributed by atoms with Gasteiger partial charge in [0.15, 0.2) is 0 Å². The molecule has 1 saturated carbocycles. The van der Waals surface area contributed by atoms with Gasteiger partial charge in [-0.3, -0.25) is 0 Å². The quantitative estimate of drug-likeness (QED) is 0.395. The van der Waals surface area contributed by atoms with Crippen LogP contribution >= 0.6 is 0 Å². The van der Waals surface area contributed by atoms with Crippen molar-refractivity contribution in [1.82, 2.24) is 4.98 Å². The molecule has 1 aromatic carbocycles. The van der Waals surface area contributed by atoms with Gasteiger partial charge in [-0.1, -0.05) is 57.2 Å². The van der Waals surface area contributed by atoms with Crippen molar-refractivity contribution in [2.45, 2.75) is 70.4 Å². The van der Waals surface area contributed by atoms with Crippen LogP contribution < -0.4 is 0 Å². The van der Waals surface area contributed by atoms with Gasteiger partial charge in [0.1, 0.15) is 29.1 Å². The number of pyridine rings is 1. The van der Waals surface area contributed by atoms with Gasteiger partial charge in [0.05, 0.1) is 0 Å². The van der Waals surface area contributed by atoms with E-state index < -0.39 is 29.4 Å². The van der Waals surface area contributed by atoms with Crippen molar-refractivity contribution < 1.29 is 23.8 Å². The summed E-state index contributed by atoms with van der Waals surface area (Å²) in [5, 5.41) is 0. The summed E-state index contributed by atoms with van der Waals surface area (Å²) in [4.78, 5) is 30.3. The Kier molecular flexibility index (Phi) is 6.50. The lowest BCUT2D eigenvalue weighted by Crippen LogP contribution is -2.62. The first-order valence-electron chi connectivity index (χ1n) is 13.0. The summed E-state index contributed by atoms with van der Waals surface area (Å²) in [6.07, 6.45) is 6.46. The highest BCUT2D eigenvalue weighted by Gasteiger charge is 2.72. The predicted octanol–water partition coefficient (Wildman–Crippen LogP) is 5.48. The monoisotopic (exact) mass is 489 g/mol. The first-order valence-corrected chi connectivity index (χ1v) is 13.0. The number of benzene rings is 1. The van der Waals surface area contributed by atoms with E-state index in [1.807, 2.05) is 30.3 Å². The predicted molar refractivity (Wildman–Crippen MR) is 136 cm³/mol. The summed E-state index contributed by atoms with van der Waals surface area (Å²) in [5.41, 5.74) is -0.159. The fourth-order valence-electron chi connectivity index (χ4n) is 6.81. The molecule has 1 aromatic heterocycles. The number of hydrogen-bond donors (Lipinski definition) is 0. The standard InChI is InChI=1S/C30H35NO5/c1-19(2)30-18-24(34-28(33)23-12-8-9-17-31-23)29(4,36-30)22-15-13-20(3)26(22)27(30)35-25(32)16-14-21-10-6-5-7-11-21/h5-12,14,16-17,19-20,22,24,26-27H,13,15,18H2,1-4H3/b16-14+/t20-,22-,24-,26-,27+,29+,30-/m1/s1. The maximum atomic E-state index is 13.1. The second kappa shape index (κ2) is 9.47. The second-order valence-electron chi connectivity index (χ2n) is 11.0. The van der Waals surface area contributed by atoms with Gasteiger partial charge in [-0.05, 0) is 61.3 Å². The molecule has 36 heavy (non-hydrogen) atoms. The smallest absolute Gasteiger partial charge is 0.357 e. The molecule has 6 heteroatoms. The Hall–Kier alpha value is -2.99. The lowest BCUT2D eigenvalue weighted by Gasteiger charge is -2.52. The third-order valence-electron chi connectivity index (χ3n) is 8.73. The molecule has 5 rings (SSSR count). The average molecular weight is 490 g/mol. The van der Waals surface area contributed by atoms with Crippen LogP contribution in [0.15, 0.2) is 60.8 Å². The molecule has 0 amide bonds. The zero-order valence-electron chi connectivity index (χ0n) is 21.4. The highest BCUT2D eigenvalue weighted by molar-refractivity contribution is 5.88. The summed E-state index contributed by atoms with van der Waals surface area (Å²) in [5.74, 6) is -0.128. The number of carbonyl (C=O) groups excluding carboxylic acids is 2. The Morgan fingerprint density at radius 1 is 1.08 bits per heavy atom. The Balaban J connectivity index is 1.45. The Bertz CT molecular complexity index is 1130. The first-order chi connectivity index (χ1) is 17.2. The maximum absolute atomic E-state index is 13.1. The number of fused-ring (bicyclic) bond motifs is 4. The van der Waals surface area contributed by atoms with E-state index in [9.17, 15) is 9.59 Å². The van der Waals surface area contributed by atoms with E-state index in [4.69, 9.17) is 14.2 Å². The number of rotatable bonds is 6. The van der Waals surface area contributed by atoms with Crippen LogP contribution in [0, 0.1) is 23.7 Å². The number of esters is 2. The third-order valence-corrected chi connectivity index (χ3v) is 8.73. The number of ether oxygens (including phenoxy) is 3. The molecule has 2 aliphatic heterocycles. The van der Waals surface area contributed by atoms with Crippen LogP contribution in [0.5, 0.6) is 0 Å². The highest BCUT2D eigenvalue weighted by atomic mass is 16.6. The van der Waals surface area contributed by atoms with Crippen molar-refractivity contribution in [2.75, 3.05) is 0 Å². The zero-order chi connectivity index (χ0) is 25.5. The van der Waals surface area contributed by atoms with E-state index in [2.05, 4.69) is 32.7 Å². The van der Waals surface area contributed by atoms with Crippen molar-refractivity contribution in [2.24, 2.45) is 23.7 Å². The summed E-state index contributed by atoms with van der Waals surface area (Å²) in [6.45, 7) is 8.52. The molecule has 0 N–H and O–H groups in total. The van der Waals surface area contributed by atoms with Crippen LogP contribution in [0.3, 0.4) is 0 Å². The van der Waals surface area contributed by atoms with Gasteiger partial charge in [0.25, 0.3) is 0 Å². The van der Waals surface area contributed by atoms with Crippen LogP contribution in [-0.2, 0) is 19.0 Å². The molecule has 0 spiro atoms. The zero-order valence-corrected chi connectivity index (χ0v) is 21.4. The summed E-state index contributed by atoms with van der Waals surface area (Å²) in [6, 6.07) is 14.9. The number of carbonyl (C=O) groups is 2. The molecule has 1 aliphatic carbocycles. The van der Waals surface area contributed by atoms with Gasteiger partial charge >= 0.3 is 11.9 Å². The normalized spacial score (nSPS) is 35.1. The largest absolute Gasteiger partial charge is 0.456 e. The lowest BCUT2D eigenvalue weighted by molar-refractivity contribution is -0.263. The van der Waals surface area contributed by atoms with E-state index in [0.29, 0.717) is 12.3 Å². The van der Waals surface area contributed by atoms with Crippen molar-refractivity contribution in [3.63, 3.8) is 0 Å². The van der Waals surface area contributed by atoms with Crippen molar-refractivity contribution in [1.29, 1.82) is 0 Å². The number of hydrogen-bond acceptors (Lipinski definition) is 6. The molecule has 6 nitrogen and oxygen atoms in total. The van der Waals surface area contributed by atoms with E-state index in [0.717, 1.165) is 18.4 Å². The van der Waals surface area contributed by atoms with Gasteiger partial charge in [-0.2, -0.15) is 0 Å². The first kappa shape index (κ1) is 24.7. The highest BCUT2D eigenvalue weighted by Crippen LogP contribution is 2.63. The topological polar surface area (TPSA) is 74.7 Å². The minimum atomic E-state index is -0.736. The average Bonchev–Trinajstić information content (AvgIpc) is 3.39. The van der Waals surface area contributed by atoms with Crippen molar-refractivity contribution in [3.8, 4) is 0 Å². The van der Waals surface area contributed by atoms with Crippen LogP contribution in [0.25, 0.3) is 6.08 Å². The molecule has 190 valence electrons. The van der Waals surface area contributed by atoms with E-state index in [-0.39, 0.29) is 29.4 Å². The maximum Gasteiger partial charge on any atom is 0.357 e. The van der Waals surface area contributed by atoms with Gasteiger partial charge in [-0.15, -0.1) is 0 Å². The molecule has 2 saturated heterocycles. The summed E-state index contributed by atoms with van der Waals surface area (Å²) < 4.78 is 19.3. The SMILES string of the molecule is CC(C)[C@@]12C[C@@H](OC(=O)c3ccccn3)[C@@](C)(O1)[C@@H]1CC[C@@H](C)[C@H]1[C@@H]2OC(=O)/C=C/c1ccccc1. The molecule has 7 atom stereocenters. The van der Waals surface area contributed by atoms with E-state index in [1.165, 1.54) is 6.08 Å². The van der Waals surface area contributed by atoms with Crippen LogP contribution in [0.4, 0.5) is 0 Å². The van der Waals surface area contributed by atoms with Gasteiger partial charge < -0.3 is 14.2 Å². The lowest BCUT2D eigenvalue weighted by atomic mass is 9.69. The van der Waals surface area contributed by atoms with E-state index >= 15 is 0 Å². The molecular formula is C30H35NO5.